The number of sulfone groups is 1. The Morgan fingerprint density at radius 2 is 2.11 bits per heavy atom. The van der Waals surface area contributed by atoms with Gasteiger partial charge in [-0.1, -0.05) is 6.92 Å². The molecule has 6 heteroatoms. The quantitative estimate of drug-likeness (QED) is 0.832. The molecule has 18 heavy (non-hydrogen) atoms. The summed E-state index contributed by atoms with van der Waals surface area (Å²) in [6, 6.07) is 5.51. The second-order valence-electron chi connectivity index (χ2n) is 4.34. The second-order valence-corrected chi connectivity index (χ2v) is 6.64. The number of benzene rings is 1. The molecule has 0 radical (unpaired) electrons. The molecule has 0 aliphatic carbocycles. The van der Waals surface area contributed by atoms with Gasteiger partial charge in [0.15, 0.2) is 9.84 Å². The van der Waals surface area contributed by atoms with Gasteiger partial charge in [-0.05, 0) is 24.6 Å². The van der Waals surface area contributed by atoms with Crippen molar-refractivity contribution in [2.24, 2.45) is 0 Å². The van der Waals surface area contributed by atoms with Crippen molar-refractivity contribution in [2.45, 2.75) is 19.9 Å². The summed E-state index contributed by atoms with van der Waals surface area (Å²) in [5, 5.41) is 5.17. The zero-order valence-electron chi connectivity index (χ0n) is 10.3. The van der Waals surface area contributed by atoms with E-state index in [1.165, 1.54) is 0 Å². The molecule has 0 bridgehead atoms. The highest BCUT2D eigenvalue weighted by Gasteiger charge is 2.11. The second kappa shape index (κ2) is 4.97. The predicted molar refractivity (Wildman–Crippen MR) is 73.1 cm³/mol. The third-order valence-corrected chi connectivity index (χ3v) is 4.63. The number of fused-ring (bicyclic) bond motifs is 1. The minimum absolute atomic E-state index is 0.117. The van der Waals surface area contributed by atoms with E-state index >= 15 is 0 Å². The van der Waals surface area contributed by atoms with Crippen molar-refractivity contribution in [1.82, 2.24) is 9.78 Å². The lowest BCUT2D eigenvalue weighted by molar-refractivity contribution is 0.582. The topological polar surface area (TPSA) is 78.0 Å². The van der Waals surface area contributed by atoms with E-state index in [1.54, 1.807) is 10.9 Å². The Morgan fingerprint density at radius 3 is 2.83 bits per heavy atom. The van der Waals surface area contributed by atoms with Gasteiger partial charge in [0, 0.05) is 16.8 Å². The van der Waals surface area contributed by atoms with Crippen LogP contribution in [0.5, 0.6) is 0 Å². The standard InChI is InChI=1S/C12H17N3O2S/c1-2-6-18(16,17)7-5-15-12-8-11(13)4-3-10(12)9-14-15/h3-4,8-9H,2,5-7,13H2,1H3. The molecule has 2 rings (SSSR count). The fraction of sp³-hybridized carbons (Fsp3) is 0.417. The van der Waals surface area contributed by atoms with Crippen molar-refractivity contribution < 1.29 is 8.42 Å². The van der Waals surface area contributed by atoms with Crippen LogP contribution >= 0.6 is 0 Å². The minimum atomic E-state index is -2.98. The molecule has 98 valence electrons. The molecular formula is C12H17N3O2S. The van der Waals surface area contributed by atoms with Gasteiger partial charge in [0.25, 0.3) is 0 Å². The van der Waals surface area contributed by atoms with Crippen molar-refractivity contribution in [3.63, 3.8) is 0 Å². The van der Waals surface area contributed by atoms with Gasteiger partial charge in [0.1, 0.15) is 0 Å². The Hall–Kier alpha value is -1.56. The number of anilines is 1. The van der Waals surface area contributed by atoms with Crippen LogP contribution < -0.4 is 5.73 Å². The van der Waals surface area contributed by atoms with E-state index in [1.807, 2.05) is 25.1 Å². The highest BCUT2D eigenvalue weighted by atomic mass is 32.2. The van der Waals surface area contributed by atoms with Gasteiger partial charge in [-0.3, -0.25) is 4.68 Å². The monoisotopic (exact) mass is 267 g/mol. The van der Waals surface area contributed by atoms with Crippen LogP contribution in [0.4, 0.5) is 5.69 Å². The molecule has 0 aliphatic heterocycles. The highest BCUT2D eigenvalue weighted by molar-refractivity contribution is 7.91. The smallest absolute Gasteiger partial charge is 0.152 e. The number of aromatic nitrogens is 2. The SMILES string of the molecule is CCCS(=O)(=O)CCn1ncc2ccc(N)cc21. The maximum absolute atomic E-state index is 11.7. The molecule has 1 heterocycles. The molecule has 0 amide bonds. The largest absolute Gasteiger partial charge is 0.399 e. The Labute approximate surface area is 107 Å². The third-order valence-electron chi connectivity index (χ3n) is 2.80. The Kier molecular flexibility index (Phi) is 3.56. The van der Waals surface area contributed by atoms with Crippen molar-refractivity contribution in [3.8, 4) is 0 Å². The highest BCUT2D eigenvalue weighted by Crippen LogP contribution is 2.17. The molecule has 0 atom stereocenters. The molecule has 2 aromatic rings. The van der Waals surface area contributed by atoms with Crippen LogP contribution in [-0.4, -0.2) is 29.7 Å². The van der Waals surface area contributed by atoms with Gasteiger partial charge in [-0.2, -0.15) is 5.10 Å². The van der Waals surface area contributed by atoms with E-state index in [-0.39, 0.29) is 11.5 Å². The third kappa shape index (κ3) is 2.81. The zero-order chi connectivity index (χ0) is 13.2. The van der Waals surface area contributed by atoms with Crippen LogP contribution in [0, 0.1) is 0 Å². The molecule has 0 saturated heterocycles. The first kappa shape index (κ1) is 12.9. The summed E-state index contributed by atoms with van der Waals surface area (Å²) in [6.45, 7) is 2.23. The van der Waals surface area contributed by atoms with Crippen LogP contribution in [0.1, 0.15) is 13.3 Å². The summed E-state index contributed by atoms with van der Waals surface area (Å²) < 4.78 is 25.0. The summed E-state index contributed by atoms with van der Waals surface area (Å²) in [5.74, 6) is 0.348. The number of nitrogens with zero attached hydrogens (tertiary/aromatic N) is 2. The van der Waals surface area contributed by atoms with Crippen molar-refractivity contribution in [2.75, 3.05) is 17.2 Å². The molecule has 0 fully saturated rings. The van der Waals surface area contributed by atoms with Crippen LogP contribution in [0.2, 0.25) is 0 Å². The summed E-state index contributed by atoms with van der Waals surface area (Å²) in [5.41, 5.74) is 7.25. The van der Waals surface area contributed by atoms with Crippen molar-refractivity contribution in [1.29, 1.82) is 0 Å². The Bertz CT molecular complexity index is 646. The van der Waals surface area contributed by atoms with Crippen molar-refractivity contribution >= 4 is 26.4 Å². The van der Waals surface area contributed by atoms with E-state index < -0.39 is 9.84 Å². The van der Waals surface area contributed by atoms with E-state index in [0.717, 1.165) is 10.9 Å². The first-order valence-electron chi connectivity index (χ1n) is 5.93. The van der Waals surface area contributed by atoms with E-state index in [9.17, 15) is 8.42 Å². The number of nitrogen functional groups attached to an aromatic ring is 1. The average molecular weight is 267 g/mol. The maximum Gasteiger partial charge on any atom is 0.152 e. The zero-order valence-corrected chi connectivity index (χ0v) is 11.2. The molecule has 0 aliphatic rings. The first-order valence-corrected chi connectivity index (χ1v) is 7.75. The number of aryl methyl sites for hydroxylation is 1. The van der Waals surface area contributed by atoms with Gasteiger partial charge in [0.05, 0.1) is 24.0 Å². The molecule has 0 unspecified atom stereocenters. The van der Waals surface area contributed by atoms with Gasteiger partial charge >= 0.3 is 0 Å². The number of hydrogen-bond donors (Lipinski definition) is 1. The summed E-state index contributed by atoms with van der Waals surface area (Å²) in [7, 11) is -2.98. The van der Waals surface area contributed by atoms with Gasteiger partial charge in [0.2, 0.25) is 0 Å². The summed E-state index contributed by atoms with van der Waals surface area (Å²) in [4.78, 5) is 0. The van der Waals surface area contributed by atoms with Crippen LogP contribution in [0.25, 0.3) is 10.9 Å². The Balaban J connectivity index is 2.20. The fourth-order valence-corrected chi connectivity index (χ4v) is 3.18. The van der Waals surface area contributed by atoms with Gasteiger partial charge < -0.3 is 5.73 Å². The number of hydrogen-bond acceptors (Lipinski definition) is 4. The molecule has 1 aromatic heterocycles. The number of rotatable bonds is 5. The molecule has 5 nitrogen and oxygen atoms in total. The normalized spacial score (nSPS) is 12.1. The molecule has 2 N–H and O–H groups in total. The van der Waals surface area contributed by atoms with Gasteiger partial charge in [-0.15, -0.1) is 0 Å². The molecule has 1 aromatic carbocycles. The first-order chi connectivity index (χ1) is 8.52. The predicted octanol–water partition coefficient (Wildman–Crippen LogP) is 1.44. The van der Waals surface area contributed by atoms with Gasteiger partial charge in [-0.25, -0.2) is 8.42 Å². The average Bonchev–Trinajstić information content (AvgIpc) is 2.69. The summed E-state index contributed by atoms with van der Waals surface area (Å²) >= 11 is 0. The van der Waals surface area contributed by atoms with E-state index in [2.05, 4.69) is 5.10 Å². The van der Waals surface area contributed by atoms with Crippen molar-refractivity contribution in [3.05, 3.63) is 24.4 Å². The lowest BCUT2D eigenvalue weighted by Crippen LogP contribution is -2.16. The summed E-state index contributed by atoms with van der Waals surface area (Å²) in [6.07, 6.45) is 2.37. The Morgan fingerprint density at radius 1 is 1.33 bits per heavy atom. The fourth-order valence-electron chi connectivity index (χ4n) is 1.90. The number of nitrogens with two attached hydrogens (primary N) is 1. The minimum Gasteiger partial charge on any atom is -0.399 e. The van der Waals surface area contributed by atoms with E-state index in [4.69, 9.17) is 5.73 Å². The molecular weight excluding hydrogens is 250 g/mol. The lowest BCUT2D eigenvalue weighted by atomic mass is 10.2. The van der Waals surface area contributed by atoms with Crippen LogP contribution in [-0.2, 0) is 16.4 Å². The van der Waals surface area contributed by atoms with Crippen LogP contribution in [0.3, 0.4) is 0 Å². The lowest BCUT2D eigenvalue weighted by Gasteiger charge is -2.05. The molecule has 0 saturated carbocycles. The van der Waals surface area contributed by atoms with E-state index in [0.29, 0.717) is 18.7 Å². The van der Waals surface area contributed by atoms with Crippen LogP contribution in [0.15, 0.2) is 24.4 Å². The maximum atomic E-state index is 11.7. The molecule has 0 spiro atoms.